The molecule has 0 amide bonds. The number of hydrogen-bond acceptors (Lipinski definition) is 2. The summed E-state index contributed by atoms with van der Waals surface area (Å²) in [6, 6.07) is 18.1. The molecule has 0 radical (unpaired) electrons. The van der Waals surface area contributed by atoms with Crippen LogP contribution in [0.1, 0.15) is 57.2 Å². The summed E-state index contributed by atoms with van der Waals surface area (Å²) in [5.41, 5.74) is -0.603. The molecule has 0 N–H and O–H groups in total. The van der Waals surface area contributed by atoms with Crippen LogP contribution in [0.25, 0.3) is 0 Å². The SMILES string of the molecule is CCN(Cc1ccccc1)C(C)CCC(C#N)(c1ccccc1C(F)(F)F)C(C)C. The summed E-state index contributed by atoms with van der Waals surface area (Å²) in [5, 5.41) is 10.1. The highest BCUT2D eigenvalue weighted by Crippen LogP contribution is 2.43. The Morgan fingerprint density at radius 2 is 1.50 bits per heavy atom. The average Bonchev–Trinajstić information content (AvgIpc) is 2.72. The second kappa shape index (κ2) is 10.1. The third-order valence-electron chi connectivity index (χ3n) is 6.11. The molecular weight excluding hydrogens is 385 g/mol. The number of nitriles is 1. The van der Waals surface area contributed by atoms with E-state index in [-0.39, 0.29) is 17.5 Å². The van der Waals surface area contributed by atoms with Gasteiger partial charge in [0, 0.05) is 12.6 Å². The van der Waals surface area contributed by atoms with E-state index < -0.39 is 17.2 Å². The van der Waals surface area contributed by atoms with Gasteiger partial charge >= 0.3 is 6.18 Å². The fourth-order valence-electron chi connectivity index (χ4n) is 4.12. The molecular formula is C25H31F3N2. The van der Waals surface area contributed by atoms with Gasteiger partial charge in [-0.2, -0.15) is 18.4 Å². The summed E-state index contributed by atoms with van der Waals surface area (Å²) in [7, 11) is 0. The van der Waals surface area contributed by atoms with E-state index in [9.17, 15) is 18.4 Å². The lowest BCUT2D eigenvalue weighted by atomic mass is 9.68. The molecule has 2 nitrogen and oxygen atoms in total. The fourth-order valence-corrected chi connectivity index (χ4v) is 4.12. The molecule has 0 fully saturated rings. The Kier molecular flexibility index (Phi) is 8.09. The molecule has 0 saturated carbocycles. The molecule has 0 aliphatic carbocycles. The zero-order valence-electron chi connectivity index (χ0n) is 18.2. The van der Waals surface area contributed by atoms with E-state index in [0.717, 1.165) is 19.2 Å². The molecule has 2 aromatic carbocycles. The molecule has 0 spiro atoms. The third-order valence-corrected chi connectivity index (χ3v) is 6.11. The molecule has 2 aromatic rings. The molecule has 0 heterocycles. The van der Waals surface area contributed by atoms with Gasteiger partial charge < -0.3 is 0 Å². The van der Waals surface area contributed by atoms with Crippen molar-refractivity contribution in [2.45, 2.75) is 64.7 Å². The van der Waals surface area contributed by atoms with Crippen molar-refractivity contribution in [3.63, 3.8) is 0 Å². The van der Waals surface area contributed by atoms with E-state index in [1.165, 1.54) is 17.7 Å². The van der Waals surface area contributed by atoms with E-state index in [2.05, 4.69) is 36.9 Å². The topological polar surface area (TPSA) is 27.0 Å². The standard InChI is InChI=1S/C25H31F3N2/c1-5-30(17-21-11-7-6-8-12-21)20(4)15-16-24(18-29,19(2)3)22-13-9-10-14-23(22)25(26,27)28/h6-14,19-20H,5,15-17H2,1-4H3. The highest BCUT2D eigenvalue weighted by Gasteiger charge is 2.43. The van der Waals surface area contributed by atoms with Gasteiger partial charge in [-0.1, -0.05) is 69.3 Å². The number of hydrogen-bond donors (Lipinski definition) is 0. The Morgan fingerprint density at radius 1 is 0.933 bits per heavy atom. The monoisotopic (exact) mass is 416 g/mol. The molecule has 0 aromatic heterocycles. The highest BCUT2D eigenvalue weighted by atomic mass is 19.4. The first-order valence-corrected chi connectivity index (χ1v) is 10.5. The molecule has 0 aliphatic rings. The van der Waals surface area contributed by atoms with Gasteiger partial charge in [0.15, 0.2) is 0 Å². The molecule has 5 heteroatoms. The molecule has 2 atom stereocenters. The lowest BCUT2D eigenvalue weighted by Crippen LogP contribution is -2.37. The summed E-state index contributed by atoms with van der Waals surface area (Å²) in [6.07, 6.45) is -3.47. The largest absolute Gasteiger partial charge is 0.416 e. The first-order valence-electron chi connectivity index (χ1n) is 10.5. The second-order valence-corrected chi connectivity index (χ2v) is 8.22. The number of benzene rings is 2. The van der Waals surface area contributed by atoms with Gasteiger partial charge in [-0.15, -0.1) is 0 Å². The van der Waals surface area contributed by atoms with Crippen molar-refractivity contribution in [1.29, 1.82) is 5.26 Å². The van der Waals surface area contributed by atoms with Crippen molar-refractivity contribution < 1.29 is 13.2 Å². The summed E-state index contributed by atoms with van der Waals surface area (Å²) < 4.78 is 41.1. The van der Waals surface area contributed by atoms with Crippen LogP contribution in [-0.4, -0.2) is 17.5 Å². The van der Waals surface area contributed by atoms with Gasteiger partial charge in [0.25, 0.3) is 0 Å². The van der Waals surface area contributed by atoms with Crippen LogP contribution >= 0.6 is 0 Å². The Hall–Kier alpha value is -2.32. The molecule has 0 bridgehead atoms. The summed E-state index contributed by atoms with van der Waals surface area (Å²) in [5.74, 6) is -0.248. The Balaban J connectivity index is 2.28. The summed E-state index contributed by atoms with van der Waals surface area (Å²) >= 11 is 0. The quantitative estimate of drug-likeness (QED) is 0.449. The number of alkyl halides is 3. The third kappa shape index (κ3) is 5.43. The van der Waals surface area contributed by atoms with Gasteiger partial charge in [0.05, 0.1) is 17.0 Å². The lowest BCUT2D eigenvalue weighted by molar-refractivity contribution is -0.138. The number of nitrogens with zero attached hydrogens (tertiary/aromatic N) is 2. The molecule has 162 valence electrons. The van der Waals surface area contributed by atoms with Crippen molar-refractivity contribution in [1.82, 2.24) is 4.90 Å². The van der Waals surface area contributed by atoms with Crippen LogP contribution in [-0.2, 0) is 18.1 Å². The predicted octanol–water partition coefficient (Wildman–Crippen LogP) is 6.81. The second-order valence-electron chi connectivity index (χ2n) is 8.22. The maximum Gasteiger partial charge on any atom is 0.416 e. The van der Waals surface area contributed by atoms with Crippen LogP contribution in [0.5, 0.6) is 0 Å². The van der Waals surface area contributed by atoms with Crippen LogP contribution < -0.4 is 0 Å². The van der Waals surface area contributed by atoms with E-state index in [0.29, 0.717) is 12.8 Å². The minimum Gasteiger partial charge on any atom is -0.297 e. The van der Waals surface area contributed by atoms with Crippen molar-refractivity contribution in [2.75, 3.05) is 6.54 Å². The van der Waals surface area contributed by atoms with E-state index in [1.807, 2.05) is 32.0 Å². The first kappa shape index (κ1) is 24.0. The van der Waals surface area contributed by atoms with E-state index >= 15 is 0 Å². The summed E-state index contributed by atoms with van der Waals surface area (Å²) in [4.78, 5) is 2.30. The lowest BCUT2D eigenvalue weighted by Gasteiger charge is -2.36. The zero-order chi connectivity index (χ0) is 22.4. The molecule has 0 aliphatic heterocycles. The van der Waals surface area contributed by atoms with Gasteiger partial charge in [-0.25, -0.2) is 0 Å². The van der Waals surface area contributed by atoms with Crippen LogP contribution in [0.4, 0.5) is 13.2 Å². The predicted molar refractivity (Wildman–Crippen MR) is 115 cm³/mol. The normalized spacial score (nSPS) is 15.1. The first-order chi connectivity index (χ1) is 14.2. The van der Waals surface area contributed by atoms with Crippen molar-refractivity contribution in [2.24, 2.45) is 5.92 Å². The fraction of sp³-hybridized carbons (Fsp3) is 0.480. The van der Waals surface area contributed by atoms with Crippen molar-refractivity contribution in [3.8, 4) is 6.07 Å². The van der Waals surface area contributed by atoms with Crippen LogP contribution in [0.2, 0.25) is 0 Å². The Bertz CT molecular complexity index is 839. The maximum atomic E-state index is 13.7. The van der Waals surface area contributed by atoms with Crippen molar-refractivity contribution in [3.05, 3.63) is 71.3 Å². The highest BCUT2D eigenvalue weighted by molar-refractivity contribution is 5.41. The Morgan fingerprint density at radius 3 is 2.00 bits per heavy atom. The molecule has 2 rings (SSSR count). The summed E-state index contributed by atoms with van der Waals surface area (Å²) in [6.45, 7) is 9.45. The van der Waals surface area contributed by atoms with Gasteiger partial charge in [-0.3, -0.25) is 4.90 Å². The minimum atomic E-state index is -4.48. The maximum absolute atomic E-state index is 13.7. The van der Waals surface area contributed by atoms with Crippen LogP contribution in [0.3, 0.4) is 0 Å². The van der Waals surface area contributed by atoms with E-state index in [1.54, 1.807) is 6.07 Å². The van der Waals surface area contributed by atoms with Crippen molar-refractivity contribution >= 4 is 0 Å². The smallest absolute Gasteiger partial charge is 0.297 e. The Labute approximate surface area is 178 Å². The molecule has 0 saturated heterocycles. The molecule has 30 heavy (non-hydrogen) atoms. The molecule has 2 unspecified atom stereocenters. The van der Waals surface area contributed by atoms with Gasteiger partial charge in [-0.05, 0) is 49.4 Å². The van der Waals surface area contributed by atoms with Crippen LogP contribution in [0.15, 0.2) is 54.6 Å². The van der Waals surface area contributed by atoms with Gasteiger partial charge in [0.2, 0.25) is 0 Å². The van der Waals surface area contributed by atoms with Gasteiger partial charge in [0.1, 0.15) is 0 Å². The number of halogens is 3. The van der Waals surface area contributed by atoms with Crippen LogP contribution in [0, 0.1) is 17.2 Å². The average molecular weight is 417 g/mol. The van der Waals surface area contributed by atoms with E-state index in [4.69, 9.17) is 0 Å². The zero-order valence-corrected chi connectivity index (χ0v) is 18.2. The minimum absolute atomic E-state index is 0.0910. The number of rotatable bonds is 9.